The summed E-state index contributed by atoms with van der Waals surface area (Å²) in [4.78, 5) is -0.225. The van der Waals surface area contributed by atoms with Gasteiger partial charge in [0.2, 0.25) is 10.0 Å². The molecule has 0 fully saturated rings. The van der Waals surface area contributed by atoms with Crippen molar-refractivity contribution < 1.29 is 17.2 Å². The lowest BCUT2D eigenvalue weighted by molar-refractivity contribution is 0.0561. The average Bonchev–Trinajstić information content (AvgIpc) is 2.97. The van der Waals surface area contributed by atoms with E-state index < -0.39 is 16.6 Å². The smallest absolute Gasteiger partial charge is 0.273 e. The van der Waals surface area contributed by atoms with Crippen LogP contribution >= 0.6 is 0 Å². The van der Waals surface area contributed by atoms with Crippen molar-refractivity contribution in [3.05, 3.63) is 29.3 Å². The number of sulfonamides is 1. The summed E-state index contributed by atoms with van der Waals surface area (Å²) in [6.45, 7) is 0.424. The second kappa shape index (κ2) is 5.76. The van der Waals surface area contributed by atoms with Gasteiger partial charge < -0.3 is 0 Å². The molecule has 0 bridgehead atoms. The van der Waals surface area contributed by atoms with Crippen LogP contribution in [0.1, 0.15) is 23.5 Å². The minimum Gasteiger partial charge on any atom is -0.273 e. The minimum absolute atomic E-state index is 0.0371. The highest BCUT2D eigenvalue weighted by Gasteiger charge is 2.27. The van der Waals surface area contributed by atoms with E-state index in [1.165, 1.54) is 14.0 Å². The van der Waals surface area contributed by atoms with Crippen molar-refractivity contribution in [2.45, 2.75) is 31.8 Å². The van der Waals surface area contributed by atoms with Gasteiger partial charge in [-0.05, 0) is 13.8 Å². The summed E-state index contributed by atoms with van der Waals surface area (Å²) in [5, 5.41) is 7.58. The molecule has 122 valence electrons. The van der Waals surface area contributed by atoms with E-state index in [2.05, 4.69) is 10.2 Å². The molecule has 0 N–H and O–H groups in total. The first kappa shape index (κ1) is 16.6. The van der Waals surface area contributed by atoms with Crippen LogP contribution < -0.4 is 0 Å². The van der Waals surface area contributed by atoms with Gasteiger partial charge in [-0.25, -0.2) is 13.1 Å². The van der Waals surface area contributed by atoms with E-state index in [0.717, 1.165) is 21.8 Å². The summed E-state index contributed by atoms with van der Waals surface area (Å²) in [6, 6.07) is 0. The molecule has 2 aromatic rings. The SMILES string of the molecule is Cc1nn(C(F)F)cc1S(=O)(=O)N(C)Cc1cnn(C)c1C. The van der Waals surface area contributed by atoms with Gasteiger partial charge in [0.15, 0.2) is 0 Å². The van der Waals surface area contributed by atoms with Gasteiger partial charge in [0, 0.05) is 31.9 Å². The Kier molecular flexibility index (Phi) is 4.34. The third-order valence-electron chi connectivity index (χ3n) is 3.49. The summed E-state index contributed by atoms with van der Waals surface area (Å²) in [6.07, 6.45) is 2.43. The van der Waals surface area contributed by atoms with Gasteiger partial charge in [0.05, 0.1) is 18.1 Å². The van der Waals surface area contributed by atoms with Gasteiger partial charge in [-0.15, -0.1) is 0 Å². The van der Waals surface area contributed by atoms with Crippen molar-refractivity contribution in [1.82, 2.24) is 23.9 Å². The van der Waals surface area contributed by atoms with E-state index in [-0.39, 0.29) is 17.1 Å². The maximum absolute atomic E-state index is 12.6. The molecular weight excluding hydrogens is 316 g/mol. The van der Waals surface area contributed by atoms with Crippen molar-refractivity contribution in [2.75, 3.05) is 7.05 Å². The average molecular weight is 333 g/mol. The Bertz CT molecular complexity index is 782. The lowest BCUT2D eigenvalue weighted by Crippen LogP contribution is -2.27. The monoisotopic (exact) mass is 333 g/mol. The zero-order valence-electron chi connectivity index (χ0n) is 12.7. The van der Waals surface area contributed by atoms with Crippen LogP contribution in [0.3, 0.4) is 0 Å². The van der Waals surface area contributed by atoms with Crippen molar-refractivity contribution in [3.8, 4) is 0 Å². The third kappa shape index (κ3) is 2.88. The van der Waals surface area contributed by atoms with Gasteiger partial charge in [-0.2, -0.15) is 23.3 Å². The number of halogens is 2. The Morgan fingerprint density at radius 2 is 2.00 bits per heavy atom. The maximum atomic E-state index is 12.6. The molecule has 0 unspecified atom stereocenters. The Balaban J connectivity index is 2.31. The summed E-state index contributed by atoms with van der Waals surface area (Å²) < 4.78 is 53.4. The van der Waals surface area contributed by atoms with Crippen LogP contribution in [-0.4, -0.2) is 39.3 Å². The first-order valence-electron chi connectivity index (χ1n) is 6.42. The molecule has 0 amide bonds. The topological polar surface area (TPSA) is 73.0 Å². The first-order valence-corrected chi connectivity index (χ1v) is 7.86. The zero-order chi connectivity index (χ0) is 16.7. The number of alkyl halides is 2. The van der Waals surface area contributed by atoms with Gasteiger partial charge in [0.25, 0.3) is 0 Å². The van der Waals surface area contributed by atoms with Crippen LogP contribution in [-0.2, 0) is 23.6 Å². The molecule has 0 aliphatic heterocycles. The molecule has 0 aliphatic carbocycles. The quantitative estimate of drug-likeness (QED) is 0.830. The van der Waals surface area contributed by atoms with Crippen LogP contribution in [0.5, 0.6) is 0 Å². The summed E-state index contributed by atoms with van der Waals surface area (Å²) >= 11 is 0. The molecule has 10 heteroatoms. The van der Waals surface area contributed by atoms with Crippen molar-refractivity contribution in [2.24, 2.45) is 7.05 Å². The standard InChI is InChI=1S/C12H17F2N5O2S/c1-8-11(7-19(16-8)12(13)14)22(20,21)17(3)6-10-5-15-18(4)9(10)2/h5,7,12H,6H2,1-4H3. The van der Waals surface area contributed by atoms with E-state index in [1.807, 2.05) is 6.92 Å². The number of hydrogen-bond acceptors (Lipinski definition) is 4. The molecule has 0 aromatic carbocycles. The molecule has 0 saturated heterocycles. The predicted molar refractivity (Wildman–Crippen MR) is 74.8 cm³/mol. The van der Waals surface area contributed by atoms with E-state index in [9.17, 15) is 17.2 Å². The highest BCUT2D eigenvalue weighted by molar-refractivity contribution is 7.89. The molecule has 7 nitrogen and oxygen atoms in total. The van der Waals surface area contributed by atoms with Crippen molar-refractivity contribution in [3.63, 3.8) is 0 Å². The minimum atomic E-state index is -3.91. The van der Waals surface area contributed by atoms with Crippen LogP contribution in [0, 0.1) is 13.8 Å². The van der Waals surface area contributed by atoms with Crippen LogP contribution in [0.15, 0.2) is 17.3 Å². The van der Waals surface area contributed by atoms with Gasteiger partial charge in [-0.3, -0.25) is 4.68 Å². The zero-order valence-corrected chi connectivity index (χ0v) is 13.5. The van der Waals surface area contributed by atoms with Crippen molar-refractivity contribution in [1.29, 1.82) is 0 Å². The molecule has 0 atom stereocenters. The highest BCUT2D eigenvalue weighted by atomic mass is 32.2. The summed E-state index contributed by atoms with van der Waals surface area (Å²) in [7, 11) is -0.764. The molecule has 0 saturated carbocycles. The van der Waals surface area contributed by atoms with Crippen LogP contribution in [0.25, 0.3) is 0 Å². The molecular formula is C12H17F2N5O2S. The first-order chi connectivity index (χ1) is 10.1. The molecule has 2 aromatic heterocycles. The Morgan fingerprint density at radius 3 is 2.45 bits per heavy atom. The maximum Gasteiger partial charge on any atom is 0.333 e. The fourth-order valence-corrected chi connectivity index (χ4v) is 3.31. The molecule has 2 heterocycles. The summed E-state index contributed by atoms with van der Waals surface area (Å²) in [5.74, 6) is 0. The van der Waals surface area contributed by atoms with Gasteiger partial charge >= 0.3 is 6.55 Å². The largest absolute Gasteiger partial charge is 0.333 e. The van der Waals surface area contributed by atoms with Gasteiger partial charge in [-0.1, -0.05) is 0 Å². The van der Waals surface area contributed by atoms with E-state index in [0.29, 0.717) is 4.68 Å². The fourth-order valence-electron chi connectivity index (χ4n) is 2.01. The van der Waals surface area contributed by atoms with Crippen molar-refractivity contribution >= 4 is 10.0 Å². The second-order valence-corrected chi connectivity index (χ2v) is 6.99. The number of nitrogens with zero attached hydrogens (tertiary/aromatic N) is 5. The Morgan fingerprint density at radius 1 is 1.36 bits per heavy atom. The molecule has 2 rings (SSSR count). The Labute approximate surface area is 127 Å². The number of rotatable bonds is 5. The van der Waals surface area contributed by atoms with Crippen LogP contribution in [0.2, 0.25) is 0 Å². The normalized spacial score (nSPS) is 12.5. The second-order valence-electron chi connectivity index (χ2n) is 4.98. The number of aryl methyl sites for hydroxylation is 2. The van der Waals surface area contributed by atoms with E-state index >= 15 is 0 Å². The van der Waals surface area contributed by atoms with Gasteiger partial charge in [0.1, 0.15) is 4.90 Å². The van der Waals surface area contributed by atoms with E-state index in [1.54, 1.807) is 17.9 Å². The molecule has 22 heavy (non-hydrogen) atoms. The third-order valence-corrected chi connectivity index (χ3v) is 5.40. The molecule has 0 radical (unpaired) electrons. The summed E-state index contributed by atoms with van der Waals surface area (Å²) in [5.41, 5.74) is 1.62. The molecule has 0 aliphatic rings. The lowest BCUT2D eigenvalue weighted by atomic mass is 10.3. The lowest BCUT2D eigenvalue weighted by Gasteiger charge is -2.16. The highest BCUT2D eigenvalue weighted by Crippen LogP contribution is 2.22. The molecule has 0 spiro atoms. The van der Waals surface area contributed by atoms with E-state index in [4.69, 9.17) is 0 Å². The predicted octanol–water partition coefficient (Wildman–Crippen LogP) is 1.45. The number of hydrogen-bond donors (Lipinski definition) is 0. The number of aromatic nitrogens is 4. The Hall–Kier alpha value is -1.81. The van der Waals surface area contributed by atoms with Crippen LogP contribution in [0.4, 0.5) is 8.78 Å². The fraction of sp³-hybridized carbons (Fsp3) is 0.500.